The Kier molecular flexibility index (Phi) is 3.58. The molecule has 0 unspecified atom stereocenters. The van der Waals surface area contributed by atoms with Gasteiger partial charge >= 0.3 is 5.97 Å². The molecule has 2 heterocycles. The zero-order valence-electron chi connectivity index (χ0n) is 12.2. The third-order valence-electron chi connectivity index (χ3n) is 3.23. The molecule has 0 radical (unpaired) electrons. The van der Waals surface area contributed by atoms with Crippen LogP contribution in [-0.2, 0) is 4.74 Å². The number of aryl methyl sites for hydroxylation is 1. The summed E-state index contributed by atoms with van der Waals surface area (Å²) in [6.45, 7) is 3.74. The van der Waals surface area contributed by atoms with E-state index in [-0.39, 0.29) is 23.4 Å². The molecule has 0 bridgehead atoms. The van der Waals surface area contributed by atoms with Gasteiger partial charge in [-0.05, 0) is 32.0 Å². The van der Waals surface area contributed by atoms with Crippen LogP contribution in [0.4, 0.5) is 4.39 Å². The SMILES string of the molecule is CCOC(=O)c1c(-c2ccccc2F)nn2ccc(C)nc12. The van der Waals surface area contributed by atoms with E-state index in [9.17, 15) is 9.18 Å². The van der Waals surface area contributed by atoms with Crippen LogP contribution in [0.3, 0.4) is 0 Å². The fourth-order valence-electron chi connectivity index (χ4n) is 2.25. The largest absolute Gasteiger partial charge is 0.462 e. The maximum absolute atomic E-state index is 14.1. The summed E-state index contributed by atoms with van der Waals surface area (Å²) in [4.78, 5) is 16.6. The Morgan fingerprint density at radius 2 is 2.09 bits per heavy atom. The van der Waals surface area contributed by atoms with Crippen LogP contribution in [0.25, 0.3) is 16.9 Å². The minimum Gasteiger partial charge on any atom is -0.462 e. The summed E-state index contributed by atoms with van der Waals surface area (Å²) in [5.74, 6) is -1.01. The Hall–Kier alpha value is -2.76. The van der Waals surface area contributed by atoms with Crippen molar-refractivity contribution in [2.24, 2.45) is 0 Å². The average Bonchev–Trinajstić information content (AvgIpc) is 2.86. The molecule has 0 fully saturated rings. The van der Waals surface area contributed by atoms with Crippen LogP contribution >= 0.6 is 0 Å². The van der Waals surface area contributed by atoms with Gasteiger partial charge in [0, 0.05) is 17.5 Å². The summed E-state index contributed by atoms with van der Waals surface area (Å²) in [6, 6.07) is 7.94. The number of benzene rings is 1. The van der Waals surface area contributed by atoms with E-state index in [1.165, 1.54) is 10.6 Å². The number of carbonyl (C=O) groups excluding carboxylic acids is 1. The highest BCUT2D eigenvalue weighted by atomic mass is 19.1. The molecule has 0 atom stereocenters. The van der Waals surface area contributed by atoms with Gasteiger partial charge in [-0.1, -0.05) is 12.1 Å². The Balaban J connectivity index is 2.32. The highest BCUT2D eigenvalue weighted by Crippen LogP contribution is 2.28. The first-order valence-corrected chi connectivity index (χ1v) is 6.89. The molecule has 0 aliphatic heterocycles. The normalized spacial score (nSPS) is 10.9. The van der Waals surface area contributed by atoms with Crippen molar-refractivity contribution in [2.45, 2.75) is 13.8 Å². The molecule has 0 N–H and O–H groups in total. The number of carbonyl (C=O) groups is 1. The van der Waals surface area contributed by atoms with Gasteiger partial charge in [-0.3, -0.25) is 0 Å². The number of hydrogen-bond acceptors (Lipinski definition) is 4. The summed E-state index contributed by atoms with van der Waals surface area (Å²) in [5.41, 5.74) is 1.74. The predicted molar refractivity (Wildman–Crippen MR) is 79.1 cm³/mol. The first kappa shape index (κ1) is 14.2. The standard InChI is InChI=1S/C16H14FN3O2/c1-3-22-16(21)13-14(11-6-4-5-7-12(11)17)19-20-9-8-10(2)18-15(13)20/h4-9H,3H2,1-2H3. The Morgan fingerprint density at radius 3 is 2.82 bits per heavy atom. The van der Waals surface area contributed by atoms with Crippen LogP contribution in [0, 0.1) is 12.7 Å². The van der Waals surface area contributed by atoms with E-state index in [4.69, 9.17) is 4.74 Å². The minimum atomic E-state index is -0.561. The molecule has 112 valence electrons. The van der Waals surface area contributed by atoms with Crippen molar-refractivity contribution in [2.75, 3.05) is 6.61 Å². The molecule has 2 aromatic heterocycles. The molecular formula is C16H14FN3O2. The molecule has 0 aliphatic rings. The van der Waals surface area contributed by atoms with Gasteiger partial charge in [0.15, 0.2) is 5.65 Å². The number of hydrogen-bond donors (Lipinski definition) is 0. The van der Waals surface area contributed by atoms with E-state index in [0.29, 0.717) is 5.65 Å². The van der Waals surface area contributed by atoms with E-state index in [1.807, 2.05) is 6.92 Å². The number of halogens is 1. The molecule has 5 nitrogen and oxygen atoms in total. The lowest BCUT2D eigenvalue weighted by atomic mass is 10.1. The predicted octanol–water partition coefficient (Wildman–Crippen LogP) is 3.02. The second-order valence-corrected chi connectivity index (χ2v) is 4.76. The van der Waals surface area contributed by atoms with Gasteiger partial charge in [-0.15, -0.1) is 0 Å². The Labute approximate surface area is 126 Å². The number of esters is 1. The monoisotopic (exact) mass is 299 g/mol. The Bertz CT molecular complexity index is 858. The zero-order valence-corrected chi connectivity index (χ0v) is 12.2. The smallest absolute Gasteiger partial charge is 0.344 e. The van der Waals surface area contributed by atoms with E-state index < -0.39 is 11.8 Å². The van der Waals surface area contributed by atoms with Gasteiger partial charge in [0.05, 0.1) is 6.61 Å². The lowest BCUT2D eigenvalue weighted by Crippen LogP contribution is -2.07. The van der Waals surface area contributed by atoms with E-state index in [2.05, 4.69) is 10.1 Å². The number of nitrogens with zero attached hydrogens (tertiary/aromatic N) is 3. The van der Waals surface area contributed by atoms with E-state index in [0.717, 1.165) is 5.69 Å². The molecule has 0 spiro atoms. The van der Waals surface area contributed by atoms with Crippen LogP contribution in [0.5, 0.6) is 0 Å². The van der Waals surface area contributed by atoms with Crippen molar-refractivity contribution in [3.63, 3.8) is 0 Å². The average molecular weight is 299 g/mol. The first-order valence-electron chi connectivity index (χ1n) is 6.89. The minimum absolute atomic E-state index is 0.177. The van der Waals surface area contributed by atoms with Crippen molar-refractivity contribution < 1.29 is 13.9 Å². The second kappa shape index (κ2) is 5.55. The maximum atomic E-state index is 14.1. The van der Waals surface area contributed by atoms with Gasteiger partial charge < -0.3 is 4.74 Å². The molecule has 1 aromatic carbocycles. The molecular weight excluding hydrogens is 285 g/mol. The second-order valence-electron chi connectivity index (χ2n) is 4.76. The molecule has 3 aromatic rings. The van der Waals surface area contributed by atoms with Crippen molar-refractivity contribution in [3.05, 3.63) is 53.6 Å². The van der Waals surface area contributed by atoms with Crippen LogP contribution in [-0.4, -0.2) is 27.2 Å². The topological polar surface area (TPSA) is 56.5 Å². The van der Waals surface area contributed by atoms with Crippen LogP contribution in [0.2, 0.25) is 0 Å². The highest BCUT2D eigenvalue weighted by Gasteiger charge is 2.24. The third kappa shape index (κ3) is 2.32. The first-order chi connectivity index (χ1) is 10.6. The van der Waals surface area contributed by atoms with Gasteiger partial charge in [0.25, 0.3) is 0 Å². The molecule has 22 heavy (non-hydrogen) atoms. The van der Waals surface area contributed by atoms with E-state index >= 15 is 0 Å². The van der Waals surface area contributed by atoms with Gasteiger partial charge in [0.2, 0.25) is 0 Å². The summed E-state index contributed by atoms with van der Waals surface area (Å²) >= 11 is 0. The fraction of sp³-hybridized carbons (Fsp3) is 0.188. The van der Waals surface area contributed by atoms with Crippen molar-refractivity contribution in [1.29, 1.82) is 0 Å². The van der Waals surface area contributed by atoms with Gasteiger partial charge in [0.1, 0.15) is 17.1 Å². The van der Waals surface area contributed by atoms with Gasteiger partial charge in [-0.2, -0.15) is 5.10 Å². The van der Waals surface area contributed by atoms with Crippen LogP contribution < -0.4 is 0 Å². The van der Waals surface area contributed by atoms with Crippen molar-refractivity contribution in [1.82, 2.24) is 14.6 Å². The lowest BCUT2D eigenvalue weighted by molar-refractivity contribution is 0.0529. The number of fused-ring (bicyclic) bond motifs is 1. The quantitative estimate of drug-likeness (QED) is 0.698. The Morgan fingerprint density at radius 1 is 1.32 bits per heavy atom. The number of rotatable bonds is 3. The summed E-state index contributed by atoms with van der Waals surface area (Å²) in [5, 5.41) is 4.30. The van der Waals surface area contributed by atoms with E-state index in [1.54, 1.807) is 37.4 Å². The molecule has 0 saturated heterocycles. The molecule has 3 rings (SSSR count). The van der Waals surface area contributed by atoms with Gasteiger partial charge in [-0.25, -0.2) is 18.7 Å². The fourth-order valence-corrected chi connectivity index (χ4v) is 2.25. The maximum Gasteiger partial charge on any atom is 0.344 e. The molecule has 0 saturated carbocycles. The number of ether oxygens (including phenoxy) is 1. The number of aromatic nitrogens is 3. The van der Waals surface area contributed by atoms with Crippen LogP contribution in [0.1, 0.15) is 23.0 Å². The zero-order chi connectivity index (χ0) is 15.7. The molecule has 0 aliphatic carbocycles. The third-order valence-corrected chi connectivity index (χ3v) is 3.23. The van der Waals surface area contributed by atoms with Crippen molar-refractivity contribution >= 4 is 11.6 Å². The lowest BCUT2D eigenvalue weighted by Gasteiger charge is -2.04. The van der Waals surface area contributed by atoms with Crippen molar-refractivity contribution in [3.8, 4) is 11.3 Å². The summed E-state index contributed by atoms with van der Waals surface area (Å²) in [6.07, 6.45) is 1.69. The molecule has 6 heteroatoms. The van der Waals surface area contributed by atoms with Crippen LogP contribution in [0.15, 0.2) is 36.5 Å². The molecule has 0 amide bonds. The highest BCUT2D eigenvalue weighted by molar-refractivity contribution is 6.02. The summed E-state index contributed by atoms with van der Waals surface area (Å²) in [7, 11) is 0. The summed E-state index contributed by atoms with van der Waals surface area (Å²) < 4.78 is 20.6.